The normalized spacial score (nSPS) is 15.7. The fraction of sp³-hybridized carbons (Fsp3) is 0.273. The van der Waals surface area contributed by atoms with Gasteiger partial charge in [0.05, 0.1) is 4.90 Å². The van der Waals surface area contributed by atoms with Gasteiger partial charge >= 0.3 is 6.03 Å². The van der Waals surface area contributed by atoms with Crippen LogP contribution in [0.4, 0.5) is 4.79 Å². The second kappa shape index (κ2) is 4.98. The van der Waals surface area contributed by atoms with Crippen molar-refractivity contribution in [1.82, 2.24) is 15.2 Å². The Bertz CT molecular complexity index is 609. The SMILES string of the molecule is CCc1ccc(S(=O)(=O)NN2CC(=O)NC2=O)cc1. The molecule has 0 aliphatic carbocycles. The van der Waals surface area contributed by atoms with Crippen molar-refractivity contribution in [3.8, 4) is 0 Å². The van der Waals surface area contributed by atoms with Gasteiger partial charge in [-0.3, -0.25) is 10.1 Å². The minimum Gasteiger partial charge on any atom is -0.275 e. The number of rotatable bonds is 4. The standard InChI is InChI=1S/C11H13N3O4S/c1-2-8-3-5-9(6-4-8)19(17,18)13-14-7-10(15)12-11(14)16/h3-6,13H,2,7H2,1H3,(H,12,15,16). The first-order valence-electron chi connectivity index (χ1n) is 5.65. The summed E-state index contributed by atoms with van der Waals surface area (Å²) in [5, 5.41) is 2.71. The fourth-order valence-electron chi connectivity index (χ4n) is 1.62. The molecule has 102 valence electrons. The molecule has 1 heterocycles. The number of hydrogen-bond donors (Lipinski definition) is 2. The quantitative estimate of drug-likeness (QED) is 0.760. The Morgan fingerprint density at radius 1 is 1.26 bits per heavy atom. The van der Waals surface area contributed by atoms with Gasteiger partial charge in [-0.15, -0.1) is 4.83 Å². The van der Waals surface area contributed by atoms with Crippen LogP contribution in [0.5, 0.6) is 0 Å². The molecule has 0 spiro atoms. The van der Waals surface area contributed by atoms with E-state index in [0.29, 0.717) is 0 Å². The second-order valence-electron chi connectivity index (χ2n) is 4.03. The van der Waals surface area contributed by atoms with E-state index in [-0.39, 0.29) is 11.4 Å². The van der Waals surface area contributed by atoms with E-state index in [1.54, 1.807) is 12.1 Å². The van der Waals surface area contributed by atoms with Crippen molar-refractivity contribution in [1.29, 1.82) is 0 Å². The Kier molecular flexibility index (Phi) is 3.54. The molecular formula is C11H13N3O4S. The molecule has 8 heteroatoms. The first-order valence-corrected chi connectivity index (χ1v) is 7.13. The zero-order chi connectivity index (χ0) is 14.0. The van der Waals surface area contributed by atoms with E-state index in [0.717, 1.165) is 17.0 Å². The van der Waals surface area contributed by atoms with Crippen molar-refractivity contribution in [2.75, 3.05) is 6.54 Å². The lowest BCUT2D eigenvalue weighted by Crippen LogP contribution is -2.44. The van der Waals surface area contributed by atoms with Crippen LogP contribution < -0.4 is 10.1 Å². The number of aryl methyl sites for hydroxylation is 1. The van der Waals surface area contributed by atoms with Gasteiger partial charge in [0, 0.05) is 0 Å². The molecule has 0 aromatic heterocycles. The van der Waals surface area contributed by atoms with Crippen LogP contribution in [0.15, 0.2) is 29.2 Å². The van der Waals surface area contributed by atoms with Crippen LogP contribution in [0.1, 0.15) is 12.5 Å². The predicted octanol–water partition coefficient (Wildman–Crippen LogP) is -0.00590. The van der Waals surface area contributed by atoms with Crippen LogP contribution in [0.2, 0.25) is 0 Å². The predicted molar refractivity (Wildman–Crippen MR) is 66.4 cm³/mol. The number of nitrogens with one attached hydrogen (secondary N) is 2. The highest BCUT2D eigenvalue weighted by molar-refractivity contribution is 7.89. The van der Waals surface area contributed by atoms with Gasteiger partial charge in [0.25, 0.3) is 10.0 Å². The number of carbonyl (C=O) groups is 2. The van der Waals surface area contributed by atoms with Crippen molar-refractivity contribution < 1.29 is 18.0 Å². The van der Waals surface area contributed by atoms with Crippen LogP contribution in [-0.2, 0) is 21.2 Å². The lowest BCUT2D eigenvalue weighted by molar-refractivity contribution is -0.118. The summed E-state index contributed by atoms with van der Waals surface area (Å²) in [5.41, 5.74) is 1.01. The minimum absolute atomic E-state index is 0.0387. The van der Waals surface area contributed by atoms with Gasteiger partial charge in [-0.1, -0.05) is 19.1 Å². The monoisotopic (exact) mass is 283 g/mol. The zero-order valence-electron chi connectivity index (χ0n) is 10.2. The Labute approximate surface area is 110 Å². The van der Waals surface area contributed by atoms with Gasteiger partial charge in [0.1, 0.15) is 6.54 Å². The maximum atomic E-state index is 12.0. The van der Waals surface area contributed by atoms with Crippen LogP contribution >= 0.6 is 0 Å². The molecule has 0 bridgehead atoms. The topological polar surface area (TPSA) is 95.6 Å². The lowest BCUT2D eigenvalue weighted by Gasteiger charge is -2.14. The molecule has 0 unspecified atom stereocenters. The van der Waals surface area contributed by atoms with Gasteiger partial charge < -0.3 is 0 Å². The van der Waals surface area contributed by atoms with E-state index in [2.05, 4.69) is 4.83 Å². The maximum Gasteiger partial charge on any atom is 0.339 e. The summed E-state index contributed by atoms with van der Waals surface area (Å²) in [6.45, 7) is 1.63. The van der Waals surface area contributed by atoms with Crippen LogP contribution in [0, 0.1) is 0 Å². The molecule has 7 nitrogen and oxygen atoms in total. The van der Waals surface area contributed by atoms with Crippen molar-refractivity contribution in [3.05, 3.63) is 29.8 Å². The lowest BCUT2D eigenvalue weighted by atomic mass is 10.2. The third-order valence-corrected chi connectivity index (χ3v) is 4.02. The molecule has 19 heavy (non-hydrogen) atoms. The first kappa shape index (κ1) is 13.5. The van der Waals surface area contributed by atoms with Crippen molar-refractivity contribution in [2.45, 2.75) is 18.2 Å². The van der Waals surface area contributed by atoms with Crippen molar-refractivity contribution >= 4 is 22.0 Å². The summed E-state index contributed by atoms with van der Waals surface area (Å²) >= 11 is 0. The molecule has 0 radical (unpaired) electrons. The number of benzene rings is 1. The van der Waals surface area contributed by atoms with Crippen molar-refractivity contribution in [3.63, 3.8) is 0 Å². The molecule has 0 atom stereocenters. The summed E-state index contributed by atoms with van der Waals surface area (Å²) in [5.74, 6) is -0.547. The van der Waals surface area contributed by atoms with Gasteiger partial charge in [-0.2, -0.15) is 0 Å². The van der Waals surface area contributed by atoms with Gasteiger partial charge in [-0.05, 0) is 24.1 Å². The fourth-order valence-corrected chi connectivity index (χ4v) is 2.65. The highest BCUT2D eigenvalue weighted by Crippen LogP contribution is 2.12. The molecule has 2 rings (SSSR count). The average molecular weight is 283 g/mol. The number of nitrogens with zero attached hydrogens (tertiary/aromatic N) is 1. The highest BCUT2D eigenvalue weighted by Gasteiger charge is 2.30. The number of imide groups is 1. The number of hydrogen-bond acceptors (Lipinski definition) is 4. The molecule has 1 saturated heterocycles. The smallest absolute Gasteiger partial charge is 0.275 e. The Morgan fingerprint density at radius 2 is 1.89 bits per heavy atom. The van der Waals surface area contributed by atoms with E-state index in [1.807, 2.05) is 12.2 Å². The molecule has 1 aliphatic rings. The van der Waals surface area contributed by atoms with Crippen molar-refractivity contribution in [2.24, 2.45) is 0 Å². The molecule has 1 fully saturated rings. The van der Waals surface area contributed by atoms with E-state index in [4.69, 9.17) is 0 Å². The van der Waals surface area contributed by atoms with E-state index >= 15 is 0 Å². The Hall–Kier alpha value is -1.93. The number of carbonyl (C=O) groups excluding carboxylic acids is 2. The number of sulfonamides is 1. The van der Waals surface area contributed by atoms with Gasteiger partial charge in [0.2, 0.25) is 5.91 Å². The maximum absolute atomic E-state index is 12.0. The molecule has 1 aromatic carbocycles. The Balaban J connectivity index is 2.18. The largest absolute Gasteiger partial charge is 0.339 e. The van der Waals surface area contributed by atoms with E-state index in [1.165, 1.54) is 12.1 Å². The van der Waals surface area contributed by atoms with Crippen LogP contribution in [-0.4, -0.2) is 31.9 Å². The summed E-state index contributed by atoms with van der Waals surface area (Å²) in [4.78, 5) is 24.3. The summed E-state index contributed by atoms with van der Waals surface area (Å²) in [7, 11) is -3.86. The number of amides is 3. The summed E-state index contributed by atoms with van der Waals surface area (Å²) in [6, 6.07) is 5.53. The second-order valence-corrected chi connectivity index (χ2v) is 5.69. The average Bonchev–Trinajstić information content (AvgIpc) is 2.67. The number of hydrazine groups is 1. The van der Waals surface area contributed by atoms with E-state index < -0.39 is 22.0 Å². The molecule has 1 aromatic rings. The first-order chi connectivity index (χ1) is 8.92. The summed E-state index contributed by atoms with van der Waals surface area (Å²) in [6.07, 6.45) is 0.802. The molecule has 3 amide bonds. The van der Waals surface area contributed by atoms with Gasteiger partial charge in [-0.25, -0.2) is 18.2 Å². The molecule has 1 aliphatic heterocycles. The third-order valence-electron chi connectivity index (χ3n) is 2.67. The Morgan fingerprint density at radius 3 is 2.37 bits per heavy atom. The third kappa shape index (κ3) is 2.91. The number of urea groups is 1. The van der Waals surface area contributed by atoms with E-state index in [9.17, 15) is 18.0 Å². The highest BCUT2D eigenvalue weighted by atomic mass is 32.2. The molecular weight excluding hydrogens is 270 g/mol. The van der Waals surface area contributed by atoms with Crippen LogP contribution in [0.25, 0.3) is 0 Å². The molecule has 0 saturated carbocycles. The van der Waals surface area contributed by atoms with Crippen LogP contribution in [0.3, 0.4) is 0 Å². The van der Waals surface area contributed by atoms with Gasteiger partial charge in [0.15, 0.2) is 0 Å². The molecule has 2 N–H and O–H groups in total. The zero-order valence-corrected chi connectivity index (χ0v) is 11.0. The minimum atomic E-state index is -3.86. The summed E-state index contributed by atoms with van der Waals surface area (Å²) < 4.78 is 24.0.